The summed E-state index contributed by atoms with van der Waals surface area (Å²) in [7, 11) is 1.65. The molecule has 5 rings (SSSR count). The smallest absolute Gasteiger partial charge is 0.272 e. The number of nitrogens with zero attached hydrogens (tertiary/aromatic N) is 2. The van der Waals surface area contributed by atoms with E-state index in [0.29, 0.717) is 5.71 Å². The summed E-state index contributed by atoms with van der Waals surface area (Å²) in [6.07, 6.45) is 6.73. The highest BCUT2D eigenvalue weighted by molar-refractivity contribution is 6.43. The Kier molecular flexibility index (Phi) is 4.70. The molecule has 2 aliphatic heterocycles. The summed E-state index contributed by atoms with van der Waals surface area (Å²) in [5, 5.41) is 0. The first-order valence-corrected chi connectivity index (χ1v) is 10.6. The molecule has 1 unspecified atom stereocenters. The van der Waals surface area contributed by atoms with E-state index >= 15 is 0 Å². The molecule has 1 amide bonds. The number of carbonyl (C=O) groups excluding carboxylic acids is 1. The molecular formula is C25H27N3O2. The van der Waals surface area contributed by atoms with Crippen molar-refractivity contribution in [3.8, 4) is 5.75 Å². The van der Waals surface area contributed by atoms with Gasteiger partial charge in [-0.25, -0.2) is 0 Å². The zero-order chi connectivity index (χ0) is 20.7. The van der Waals surface area contributed by atoms with Gasteiger partial charge >= 0.3 is 0 Å². The van der Waals surface area contributed by atoms with Crippen LogP contribution in [0.5, 0.6) is 5.75 Å². The normalized spacial score (nSPS) is 24.1. The van der Waals surface area contributed by atoms with E-state index < -0.39 is 0 Å². The van der Waals surface area contributed by atoms with E-state index in [2.05, 4.69) is 29.3 Å². The van der Waals surface area contributed by atoms with Crippen molar-refractivity contribution >= 4 is 11.6 Å². The number of fused-ring (bicyclic) bond motifs is 1. The van der Waals surface area contributed by atoms with E-state index in [-0.39, 0.29) is 23.4 Å². The fourth-order valence-corrected chi connectivity index (χ4v) is 5.18. The van der Waals surface area contributed by atoms with E-state index in [9.17, 15) is 4.79 Å². The summed E-state index contributed by atoms with van der Waals surface area (Å²) >= 11 is 0. The lowest BCUT2D eigenvalue weighted by Crippen LogP contribution is -2.48. The Morgan fingerprint density at radius 3 is 2.73 bits per heavy atom. The number of rotatable bonds is 3. The Morgan fingerprint density at radius 1 is 1.17 bits per heavy atom. The van der Waals surface area contributed by atoms with Crippen LogP contribution in [0.1, 0.15) is 41.6 Å². The number of nitrogens with two attached hydrogens (primary N) is 1. The number of ether oxygens (including phenoxy) is 1. The fraction of sp³-hybridized carbons (Fsp3) is 0.360. The first-order valence-electron chi connectivity index (χ1n) is 10.6. The lowest BCUT2D eigenvalue weighted by atomic mass is 9.73. The van der Waals surface area contributed by atoms with Gasteiger partial charge in [-0.3, -0.25) is 9.79 Å². The van der Waals surface area contributed by atoms with Crippen molar-refractivity contribution in [3.63, 3.8) is 0 Å². The molecule has 5 heteroatoms. The molecular weight excluding hydrogens is 374 g/mol. The third-order valence-electron chi connectivity index (χ3n) is 7.01. The van der Waals surface area contributed by atoms with Gasteiger partial charge in [-0.05, 0) is 59.6 Å². The van der Waals surface area contributed by atoms with Crippen LogP contribution in [0, 0.1) is 5.41 Å². The molecule has 1 spiro atoms. The number of hydrogen-bond acceptors (Lipinski definition) is 4. The maximum atomic E-state index is 13.1. The summed E-state index contributed by atoms with van der Waals surface area (Å²) < 4.78 is 5.30. The van der Waals surface area contributed by atoms with E-state index in [0.717, 1.165) is 43.7 Å². The second-order valence-corrected chi connectivity index (χ2v) is 8.60. The molecule has 154 valence electrons. The van der Waals surface area contributed by atoms with Crippen molar-refractivity contribution in [1.82, 2.24) is 4.90 Å². The van der Waals surface area contributed by atoms with Gasteiger partial charge in [0.2, 0.25) is 0 Å². The maximum Gasteiger partial charge on any atom is 0.272 e. The summed E-state index contributed by atoms with van der Waals surface area (Å²) in [5.74, 6) is 0.821. The SMILES string of the molecule is COc1cccc(C2C=CC(C(=O)N3CCC4(CC3)Cc3ccccc3[C@H]4N)=N2)c1. The van der Waals surface area contributed by atoms with Crippen molar-refractivity contribution in [3.05, 3.63) is 77.4 Å². The number of hydrogen-bond donors (Lipinski definition) is 1. The second-order valence-electron chi connectivity index (χ2n) is 8.60. The summed E-state index contributed by atoms with van der Waals surface area (Å²) in [5.41, 5.74) is 11.0. The van der Waals surface area contributed by atoms with Gasteiger partial charge in [0.1, 0.15) is 11.5 Å². The van der Waals surface area contributed by atoms with Crippen LogP contribution >= 0.6 is 0 Å². The lowest BCUT2D eigenvalue weighted by molar-refractivity contribution is -0.126. The van der Waals surface area contributed by atoms with Crippen molar-refractivity contribution < 1.29 is 9.53 Å². The van der Waals surface area contributed by atoms with Crippen LogP contribution in [-0.4, -0.2) is 36.7 Å². The minimum atomic E-state index is -0.132. The minimum absolute atomic E-state index is 0.0237. The standard InChI is InChI=1S/C25H27N3O2/c1-30-19-7-4-6-17(15-19)21-9-10-22(27-21)24(29)28-13-11-25(12-14-28)16-18-5-2-3-8-20(18)23(25)26/h2-10,15,21,23H,11-14,16,26H2,1H3/t21?,23-/m1/s1. The third-order valence-corrected chi connectivity index (χ3v) is 7.01. The zero-order valence-corrected chi connectivity index (χ0v) is 17.3. The molecule has 2 N–H and O–H groups in total. The number of amides is 1. The highest BCUT2D eigenvalue weighted by atomic mass is 16.5. The van der Waals surface area contributed by atoms with Gasteiger partial charge in [-0.2, -0.15) is 0 Å². The molecule has 2 aromatic rings. The fourth-order valence-electron chi connectivity index (χ4n) is 5.18. The van der Waals surface area contributed by atoms with Gasteiger partial charge < -0.3 is 15.4 Å². The Balaban J connectivity index is 1.26. The summed E-state index contributed by atoms with van der Waals surface area (Å²) in [4.78, 5) is 19.7. The minimum Gasteiger partial charge on any atom is -0.497 e. The average molecular weight is 402 g/mol. The first kappa shape index (κ1) is 19.1. The van der Waals surface area contributed by atoms with Gasteiger partial charge in [-0.15, -0.1) is 0 Å². The molecule has 2 heterocycles. The van der Waals surface area contributed by atoms with Gasteiger partial charge in [0.05, 0.1) is 13.2 Å². The van der Waals surface area contributed by atoms with Crippen LogP contribution in [-0.2, 0) is 11.2 Å². The molecule has 30 heavy (non-hydrogen) atoms. The predicted octanol–water partition coefficient (Wildman–Crippen LogP) is 3.61. The quantitative estimate of drug-likeness (QED) is 0.854. The van der Waals surface area contributed by atoms with E-state index in [1.807, 2.05) is 41.3 Å². The van der Waals surface area contributed by atoms with Gasteiger partial charge in [-0.1, -0.05) is 42.5 Å². The van der Waals surface area contributed by atoms with Crippen molar-refractivity contribution in [2.75, 3.05) is 20.2 Å². The van der Waals surface area contributed by atoms with Crippen LogP contribution in [0.2, 0.25) is 0 Å². The van der Waals surface area contributed by atoms with Crippen molar-refractivity contribution in [2.24, 2.45) is 16.1 Å². The van der Waals surface area contributed by atoms with E-state index in [4.69, 9.17) is 10.5 Å². The third kappa shape index (κ3) is 3.14. The van der Waals surface area contributed by atoms with Crippen LogP contribution in [0.3, 0.4) is 0 Å². The molecule has 1 fully saturated rings. The van der Waals surface area contributed by atoms with Crippen LogP contribution in [0.4, 0.5) is 0 Å². The lowest BCUT2D eigenvalue weighted by Gasteiger charge is -2.42. The molecule has 0 radical (unpaired) electrons. The highest BCUT2D eigenvalue weighted by Gasteiger charge is 2.46. The number of likely N-dealkylation sites (tertiary alicyclic amines) is 1. The molecule has 5 nitrogen and oxygen atoms in total. The number of carbonyl (C=O) groups is 1. The van der Waals surface area contributed by atoms with E-state index in [1.54, 1.807) is 7.11 Å². The molecule has 0 aromatic heterocycles. The first-order chi connectivity index (χ1) is 14.6. The Bertz CT molecular complexity index is 1030. The molecule has 1 saturated heterocycles. The number of methoxy groups -OCH3 is 1. The highest BCUT2D eigenvalue weighted by Crippen LogP contribution is 2.50. The zero-order valence-electron chi connectivity index (χ0n) is 17.3. The molecule has 3 aliphatic rings. The van der Waals surface area contributed by atoms with Gasteiger partial charge in [0.15, 0.2) is 0 Å². The van der Waals surface area contributed by atoms with E-state index in [1.165, 1.54) is 11.1 Å². The van der Waals surface area contributed by atoms with Crippen molar-refractivity contribution in [1.29, 1.82) is 0 Å². The largest absolute Gasteiger partial charge is 0.497 e. The average Bonchev–Trinajstić information content (AvgIpc) is 3.38. The number of aliphatic imine (C=N–C) groups is 1. The van der Waals surface area contributed by atoms with Gasteiger partial charge in [0, 0.05) is 19.1 Å². The van der Waals surface area contributed by atoms with Crippen molar-refractivity contribution in [2.45, 2.75) is 31.3 Å². The number of benzene rings is 2. The number of piperidine rings is 1. The summed E-state index contributed by atoms with van der Waals surface area (Å²) in [6, 6.07) is 16.3. The van der Waals surface area contributed by atoms with Crippen LogP contribution in [0.25, 0.3) is 0 Å². The monoisotopic (exact) mass is 401 g/mol. The molecule has 2 aromatic carbocycles. The predicted molar refractivity (Wildman–Crippen MR) is 118 cm³/mol. The molecule has 1 aliphatic carbocycles. The van der Waals surface area contributed by atoms with Gasteiger partial charge in [0.25, 0.3) is 5.91 Å². The Morgan fingerprint density at radius 2 is 1.97 bits per heavy atom. The molecule has 0 saturated carbocycles. The Hall–Kier alpha value is -2.92. The van der Waals surface area contributed by atoms with Crippen LogP contribution < -0.4 is 10.5 Å². The molecule has 0 bridgehead atoms. The molecule has 2 atom stereocenters. The topological polar surface area (TPSA) is 67.9 Å². The van der Waals surface area contributed by atoms with Crippen LogP contribution in [0.15, 0.2) is 65.7 Å². The second kappa shape index (κ2) is 7.40. The Labute approximate surface area is 177 Å². The summed E-state index contributed by atoms with van der Waals surface area (Å²) in [6.45, 7) is 1.47. The maximum absolute atomic E-state index is 13.1.